The lowest BCUT2D eigenvalue weighted by molar-refractivity contribution is 0.559. The van der Waals surface area contributed by atoms with E-state index in [0.29, 0.717) is 6.04 Å². The second-order valence-electron chi connectivity index (χ2n) is 6.79. The zero-order valence-electron chi connectivity index (χ0n) is 15.0. The van der Waals surface area contributed by atoms with E-state index in [1.165, 1.54) is 11.3 Å². The number of nitrogens with one attached hydrogen (secondary N) is 1. The van der Waals surface area contributed by atoms with E-state index in [-0.39, 0.29) is 5.41 Å². The maximum atomic E-state index is 4.95. The van der Waals surface area contributed by atoms with Crippen LogP contribution in [0, 0.1) is 0 Å². The first kappa shape index (κ1) is 18.0. The maximum Gasteiger partial charge on any atom is 0.129 e. The summed E-state index contributed by atoms with van der Waals surface area (Å²) >= 11 is 0. The summed E-state index contributed by atoms with van der Waals surface area (Å²) in [6, 6.07) is 5.01. The van der Waals surface area contributed by atoms with Gasteiger partial charge in [-0.25, -0.2) is 4.98 Å². The number of nitrogens with zero attached hydrogens (tertiary/aromatic N) is 2. The first-order chi connectivity index (χ1) is 9.83. The Morgan fingerprint density at radius 3 is 2.33 bits per heavy atom. The first-order valence-corrected chi connectivity index (χ1v) is 8.32. The Hall–Kier alpha value is -1.09. The summed E-state index contributed by atoms with van der Waals surface area (Å²) in [6.45, 7) is 18.5. The van der Waals surface area contributed by atoms with Crippen molar-refractivity contribution >= 4 is 5.82 Å². The molecule has 0 amide bonds. The number of anilines is 1. The van der Waals surface area contributed by atoms with E-state index in [2.05, 4.69) is 70.8 Å². The van der Waals surface area contributed by atoms with E-state index < -0.39 is 0 Å². The topological polar surface area (TPSA) is 28.2 Å². The van der Waals surface area contributed by atoms with Crippen molar-refractivity contribution in [1.29, 1.82) is 0 Å². The molecule has 0 bridgehead atoms. The van der Waals surface area contributed by atoms with E-state index in [0.717, 1.165) is 31.9 Å². The number of rotatable bonds is 7. The smallest absolute Gasteiger partial charge is 0.129 e. The summed E-state index contributed by atoms with van der Waals surface area (Å²) in [4.78, 5) is 7.36. The fourth-order valence-electron chi connectivity index (χ4n) is 2.39. The van der Waals surface area contributed by atoms with Crippen LogP contribution in [0.2, 0.25) is 0 Å². The van der Waals surface area contributed by atoms with Crippen molar-refractivity contribution < 1.29 is 0 Å². The van der Waals surface area contributed by atoms with Gasteiger partial charge in [0.05, 0.1) is 0 Å². The van der Waals surface area contributed by atoms with Gasteiger partial charge in [-0.3, -0.25) is 0 Å². The van der Waals surface area contributed by atoms with Gasteiger partial charge in [-0.2, -0.15) is 0 Å². The molecule has 3 nitrogen and oxygen atoms in total. The van der Waals surface area contributed by atoms with Gasteiger partial charge in [-0.1, -0.05) is 34.6 Å². The molecule has 1 rings (SSSR count). The molecule has 0 saturated carbocycles. The molecule has 1 atom stereocenters. The van der Waals surface area contributed by atoms with Crippen molar-refractivity contribution in [1.82, 2.24) is 10.3 Å². The third kappa shape index (κ3) is 4.99. The zero-order chi connectivity index (χ0) is 16.0. The minimum absolute atomic E-state index is 0.0752. The van der Waals surface area contributed by atoms with Crippen LogP contribution in [0.15, 0.2) is 12.1 Å². The van der Waals surface area contributed by atoms with Crippen LogP contribution in [0.3, 0.4) is 0 Å². The van der Waals surface area contributed by atoms with Crippen molar-refractivity contribution in [2.24, 2.45) is 0 Å². The molecule has 1 aromatic rings. The van der Waals surface area contributed by atoms with Gasteiger partial charge < -0.3 is 10.2 Å². The van der Waals surface area contributed by atoms with Gasteiger partial charge in [0.25, 0.3) is 0 Å². The predicted octanol–water partition coefficient (Wildman–Crippen LogP) is 4.11. The van der Waals surface area contributed by atoms with E-state index in [1.54, 1.807) is 0 Å². The van der Waals surface area contributed by atoms with Crippen molar-refractivity contribution in [3.8, 4) is 0 Å². The van der Waals surface area contributed by atoms with Crippen molar-refractivity contribution in [2.45, 2.75) is 72.9 Å². The molecule has 1 aromatic heterocycles. The largest absolute Gasteiger partial charge is 0.354 e. The zero-order valence-corrected chi connectivity index (χ0v) is 15.0. The number of pyridine rings is 1. The Kier molecular flexibility index (Phi) is 6.66. The normalized spacial score (nSPS) is 13.3. The Labute approximate surface area is 131 Å². The summed E-state index contributed by atoms with van der Waals surface area (Å²) in [5.74, 6) is 1.12. The Bertz CT molecular complexity index is 435. The van der Waals surface area contributed by atoms with Crippen LogP contribution in [0.5, 0.6) is 0 Å². The molecule has 0 saturated heterocycles. The van der Waals surface area contributed by atoms with Gasteiger partial charge in [-0.05, 0) is 44.5 Å². The lowest BCUT2D eigenvalue weighted by Crippen LogP contribution is -2.34. The van der Waals surface area contributed by atoms with E-state index in [9.17, 15) is 0 Å². The minimum atomic E-state index is 0.0752. The molecule has 0 fully saturated rings. The molecule has 120 valence electrons. The molecule has 1 N–H and O–H groups in total. The molecule has 21 heavy (non-hydrogen) atoms. The number of aromatic nitrogens is 1. The van der Waals surface area contributed by atoms with Crippen LogP contribution in [-0.2, 0) is 12.0 Å². The third-order valence-corrected chi connectivity index (χ3v) is 3.98. The van der Waals surface area contributed by atoms with Gasteiger partial charge in [0.1, 0.15) is 5.82 Å². The molecule has 3 heteroatoms. The SMILES string of the molecule is CCNCc1cc(N(CC)C(C)CC)nc(C(C)(C)C)c1. The van der Waals surface area contributed by atoms with Crippen molar-refractivity contribution in [3.05, 3.63) is 23.4 Å². The average molecular weight is 291 g/mol. The van der Waals surface area contributed by atoms with Gasteiger partial charge in [0.2, 0.25) is 0 Å². The summed E-state index contributed by atoms with van der Waals surface area (Å²) in [6.07, 6.45) is 1.14. The molecule has 0 aliphatic heterocycles. The van der Waals surface area contributed by atoms with Crippen LogP contribution < -0.4 is 10.2 Å². The minimum Gasteiger partial charge on any atom is -0.354 e. The van der Waals surface area contributed by atoms with Gasteiger partial charge in [-0.15, -0.1) is 0 Å². The predicted molar refractivity (Wildman–Crippen MR) is 93.1 cm³/mol. The van der Waals surface area contributed by atoms with Crippen molar-refractivity contribution in [2.75, 3.05) is 18.0 Å². The van der Waals surface area contributed by atoms with Crippen LogP contribution in [0.1, 0.15) is 66.1 Å². The number of hydrogen-bond donors (Lipinski definition) is 1. The molecule has 1 heterocycles. The summed E-state index contributed by atoms with van der Waals surface area (Å²) in [7, 11) is 0. The molecular formula is C18H33N3. The average Bonchev–Trinajstić information content (AvgIpc) is 2.44. The monoisotopic (exact) mass is 291 g/mol. The second kappa shape index (κ2) is 7.79. The summed E-state index contributed by atoms with van der Waals surface area (Å²) in [5.41, 5.74) is 2.58. The van der Waals surface area contributed by atoms with E-state index >= 15 is 0 Å². The third-order valence-electron chi connectivity index (χ3n) is 3.98. The molecular weight excluding hydrogens is 258 g/mol. The fraction of sp³-hybridized carbons (Fsp3) is 0.722. The number of hydrogen-bond acceptors (Lipinski definition) is 3. The van der Waals surface area contributed by atoms with Gasteiger partial charge >= 0.3 is 0 Å². The van der Waals surface area contributed by atoms with Crippen molar-refractivity contribution in [3.63, 3.8) is 0 Å². The molecule has 1 unspecified atom stereocenters. The highest BCUT2D eigenvalue weighted by atomic mass is 15.2. The lowest BCUT2D eigenvalue weighted by atomic mass is 9.90. The summed E-state index contributed by atoms with van der Waals surface area (Å²) < 4.78 is 0. The molecule has 0 spiro atoms. The van der Waals surface area contributed by atoms with Crippen LogP contribution in [0.25, 0.3) is 0 Å². The highest BCUT2D eigenvalue weighted by Gasteiger charge is 2.20. The second-order valence-corrected chi connectivity index (χ2v) is 6.79. The highest BCUT2D eigenvalue weighted by molar-refractivity contribution is 5.44. The standard InChI is InChI=1S/C18H33N3/c1-8-14(4)21(10-3)17-12-15(13-19-9-2)11-16(20-17)18(5,6)7/h11-12,14,19H,8-10,13H2,1-7H3. The summed E-state index contributed by atoms with van der Waals surface area (Å²) in [5, 5.41) is 3.42. The van der Waals surface area contributed by atoms with Crippen LogP contribution >= 0.6 is 0 Å². The van der Waals surface area contributed by atoms with Crippen LogP contribution in [-0.4, -0.2) is 24.1 Å². The quantitative estimate of drug-likeness (QED) is 0.819. The van der Waals surface area contributed by atoms with Gasteiger partial charge in [0.15, 0.2) is 0 Å². The van der Waals surface area contributed by atoms with Gasteiger partial charge in [0, 0.05) is 30.2 Å². The van der Waals surface area contributed by atoms with E-state index in [1.807, 2.05) is 0 Å². The molecule has 0 aromatic carbocycles. The lowest BCUT2D eigenvalue weighted by Gasteiger charge is -2.30. The fourth-order valence-corrected chi connectivity index (χ4v) is 2.39. The maximum absolute atomic E-state index is 4.95. The molecule has 0 aliphatic rings. The molecule has 0 aliphatic carbocycles. The highest BCUT2D eigenvalue weighted by Crippen LogP contribution is 2.26. The Morgan fingerprint density at radius 1 is 1.19 bits per heavy atom. The Balaban J connectivity index is 3.22. The first-order valence-electron chi connectivity index (χ1n) is 8.32. The Morgan fingerprint density at radius 2 is 1.86 bits per heavy atom. The van der Waals surface area contributed by atoms with Crippen LogP contribution in [0.4, 0.5) is 5.82 Å². The van der Waals surface area contributed by atoms with E-state index in [4.69, 9.17) is 4.98 Å². The molecule has 0 radical (unpaired) electrons.